The van der Waals surface area contributed by atoms with Crippen LogP contribution in [0.4, 0.5) is 0 Å². The van der Waals surface area contributed by atoms with Crippen LogP contribution >= 0.6 is 0 Å². The first-order valence-corrected chi connectivity index (χ1v) is 5.93. The zero-order valence-electron chi connectivity index (χ0n) is 10.4. The Morgan fingerprint density at radius 2 is 2.11 bits per heavy atom. The third kappa shape index (κ3) is 3.02. The number of carbonyl (C=O) groups excluding carboxylic acids is 1. The molecule has 0 fully saturated rings. The van der Waals surface area contributed by atoms with Gasteiger partial charge in [-0.3, -0.25) is 9.78 Å². The van der Waals surface area contributed by atoms with Gasteiger partial charge in [0.25, 0.3) is 0 Å². The van der Waals surface area contributed by atoms with Crippen molar-refractivity contribution < 1.29 is 4.79 Å². The fourth-order valence-electron chi connectivity index (χ4n) is 1.87. The van der Waals surface area contributed by atoms with Gasteiger partial charge >= 0.3 is 0 Å². The van der Waals surface area contributed by atoms with Gasteiger partial charge < -0.3 is 5.73 Å². The molecule has 0 aliphatic heterocycles. The second-order valence-corrected chi connectivity index (χ2v) is 4.33. The Bertz CT molecular complexity index is 564. The Hall–Kier alpha value is -2.00. The summed E-state index contributed by atoms with van der Waals surface area (Å²) in [7, 11) is 0. The first kappa shape index (κ1) is 12.5. The molecule has 0 bridgehead atoms. The molecular formula is C15H16N2O. The van der Waals surface area contributed by atoms with Crippen molar-refractivity contribution in [2.45, 2.75) is 19.9 Å². The summed E-state index contributed by atoms with van der Waals surface area (Å²) in [6.45, 7) is 2.37. The van der Waals surface area contributed by atoms with Crippen LogP contribution in [0, 0.1) is 6.92 Å². The van der Waals surface area contributed by atoms with Crippen LogP contribution in [-0.2, 0) is 13.0 Å². The molecule has 92 valence electrons. The first-order valence-electron chi connectivity index (χ1n) is 5.93. The number of hydrogen-bond acceptors (Lipinski definition) is 3. The van der Waals surface area contributed by atoms with Crippen molar-refractivity contribution >= 4 is 5.78 Å². The van der Waals surface area contributed by atoms with E-state index in [-0.39, 0.29) is 5.78 Å². The van der Waals surface area contributed by atoms with Crippen molar-refractivity contribution in [3.05, 3.63) is 65.0 Å². The van der Waals surface area contributed by atoms with Crippen LogP contribution in [0.25, 0.3) is 0 Å². The number of aryl methyl sites for hydroxylation is 1. The Kier molecular flexibility index (Phi) is 3.85. The highest BCUT2D eigenvalue weighted by Gasteiger charge is 2.08. The van der Waals surface area contributed by atoms with E-state index in [2.05, 4.69) is 4.98 Å². The number of rotatable bonds is 4. The average molecular weight is 240 g/mol. The maximum atomic E-state index is 12.1. The molecule has 3 heteroatoms. The lowest BCUT2D eigenvalue weighted by atomic mass is 10.0. The molecule has 0 unspecified atom stereocenters. The maximum Gasteiger partial charge on any atom is 0.167 e. The maximum absolute atomic E-state index is 12.1. The molecule has 0 aliphatic rings. The molecular weight excluding hydrogens is 224 g/mol. The molecule has 2 rings (SSSR count). The number of benzene rings is 1. The minimum Gasteiger partial charge on any atom is -0.325 e. The molecule has 0 spiro atoms. The summed E-state index contributed by atoms with van der Waals surface area (Å²) in [6, 6.07) is 11.5. The largest absolute Gasteiger partial charge is 0.325 e. The molecule has 0 saturated heterocycles. The molecule has 18 heavy (non-hydrogen) atoms. The van der Waals surface area contributed by atoms with Gasteiger partial charge in [0.1, 0.15) is 0 Å². The summed E-state index contributed by atoms with van der Waals surface area (Å²) >= 11 is 0. The molecule has 0 atom stereocenters. The summed E-state index contributed by atoms with van der Waals surface area (Å²) in [6.07, 6.45) is 2.04. The lowest BCUT2D eigenvalue weighted by Gasteiger charge is -2.04. The fourth-order valence-corrected chi connectivity index (χ4v) is 1.87. The van der Waals surface area contributed by atoms with Crippen molar-refractivity contribution in [2.24, 2.45) is 5.73 Å². The van der Waals surface area contributed by atoms with Crippen molar-refractivity contribution in [1.29, 1.82) is 0 Å². The SMILES string of the molecule is Cc1cccc(CC(=O)c2ccnc(CN)c2)c1. The second kappa shape index (κ2) is 5.56. The number of pyridine rings is 1. The molecule has 1 aromatic heterocycles. The number of aromatic nitrogens is 1. The van der Waals surface area contributed by atoms with E-state index in [4.69, 9.17) is 5.73 Å². The van der Waals surface area contributed by atoms with E-state index in [0.717, 1.165) is 16.8 Å². The van der Waals surface area contributed by atoms with E-state index in [1.54, 1.807) is 18.3 Å². The van der Waals surface area contributed by atoms with Crippen LogP contribution < -0.4 is 5.73 Å². The highest BCUT2D eigenvalue weighted by Crippen LogP contribution is 2.10. The number of ketones is 1. The Morgan fingerprint density at radius 1 is 1.28 bits per heavy atom. The van der Waals surface area contributed by atoms with Crippen LogP contribution in [0.5, 0.6) is 0 Å². The molecule has 0 radical (unpaired) electrons. The van der Waals surface area contributed by atoms with Gasteiger partial charge in [-0.1, -0.05) is 29.8 Å². The number of nitrogens with zero attached hydrogens (tertiary/aromatic N) is 1. The number of carbonyl (C=O) groups is 1. The zero-order valence-corrected chi connectivity index (χ0v) is 10.4. The van der Waals surface area contributed by atoms with E-state index in [0.29, 0.717) is 18.5 Å². The van der Waals surface area contributed by atoms with Crippen LogP contribution in [0.2, 0.25) is 0 Å². The fraction of sp³-hybridized carbons (Fsp3) is 0.200. The van der Waals surface area contributed by atoms with Crippen molar-refractivity contribution in [2.75, 3.05) is 0 Å². The number of Topliss-reactive ketones (excluding diaryl/α,β-unsaturated/α-hetero) is 1. The standard InChI is InChI=1S/C15H16N2O/c1-11-3-2-4-12(7-11)8-15(18)13-5-6-17-14(9-13)10-16/h2-7,9H,8,10,16H2,1H3. The van der Waals surface area contributed by atoms with Crippen LogP contribution in [0.3, 0.4) is 0 Å². The summed E-state index contributed by atoms with van der Waals surface area (Å²) in [5, 5.41) is 0. The molecule has 0 aliphatic carbocycles. The monoisotopic (exact) mass is 240 g/mol. The number of nitrogens with two attached hydrogens (primary N) is 1. The Labute approximate surface area is 107 Å². The van der Waals surface area contributed by atoms with Crippen LogP contribution in [0.15, 0.2) is 42.6 Å². The molecule has 3 nitrogen and oxygen atoms in total. The predicted octanol–water partition coefficient (Wildman–Crippen LogP) is 2.27. The molecule has 0 saturated carbocycles. The van der Waals surface area contributed by atoms with Crippen molar-refractivity contribution in [3.63, 3.8) is 0 Å². The smallest absolute Gasteiger partial charge is 0.167 e. The summed E-state index contributed by atoms with van der Waals surface area (Å²) in [5.74, 6) is 0.0951. The number of hydrogen-bond donors (Lipinski definition) is 1. The Balaban J connectivity index is 2.16. The first-order chi connectivity index (χ1) is 8.69. The minimum atomic E-state index is 0.0951. The van der Waals surface area contributed by atoms with Gasteiger partial charge in [0.05, 0.1) is 5.69 Å². The average Bonchev–Trinajstić information content (AvgIpc) is 2.39. The van der Waals surface area contributed by atoms with Gasteiger partial charge in [-0.15, -0.1) is 0 Å². The minimum absolute atomic E-state index is 0.0951. The van der Waals surface area contributed by atoms with E-state index >= 15 is 0 Å². The highest BCUT2D eigenvalue weighted by atomic mass is 16.1. The molecule has 2 N–H and O–H groups in total. The Morgan fingerprint density at radius 3 is 2.83 bits per heavy atom. The van der Waals surface area contributed by atoms with E-state index < -0.39 is 0 Å². The zero-order chi connectivity index (χ0) is 13.0. The van der Waals surface area contributed by atoms with Crippen LogP contribution in [-0.4, -0.2) is 10.8 Å². The van der Waals surface area contributed by atoms with Gasteiger partial charge in [-0.25, -0.2) is 0 Å². The molecule has 1 aromatic carbocycles. The van der Waals surface area contributed by atoms with Crippen molar-refractivity contribution in [1.82, 2.24) is 4.98 Å². The quantitative estimate of drug-likeness (QED) is 0.834. The van der Waals surface area contributed by atoms with Gasteiger partial charge in [0.2, 0.25) is 0 Å². The van der Waals surface area contributed by atoms with E-state index in [1.165, 1.54) is 0 Å². The van der Waals surface area contributed by atoms with E-state index in [1.807, 2.05) is 31.2 Å². The third-order valence-electron chi connectivity index (χ3n) is 2.79. The van der Waals surface area contributed by atoms with Gasteiger partial charge in [-0.2, -0.15) is 0 Å². The molecule has 0 amide bonds. The van der Waals surface area contributed by atoms with Gasteiger partial charge in [-0.05, 0) is 24.6 Å². The second-order valence-electron chi connectivity index (χ2n) is 4.33. The van der Waals surface area contributed by atoms with Crippen LogP contribution in [0.1, 0.15) is 27.2 Å². The van der Waals surface area contributed by atoms with E-state index in [9.17, 15) is 4.79 Å². The van der Waals surface area contributed by atoms with Crippen molar-refractivity contribution in [3.8, 4) is 0 Å². The summed E-state index contributed by atoms with van der Waals surface area (Å²) in [4.78, 5) is 16.2. The normalized spacial score (nSPS) is 10.3. The molecule has 1 heterocycles. The summed E-state index contributed by atoms with van der Waals surface area (Å²) < 4.78 is 0. The lowest BCUT2D eigenvalue weighted by molar-refractivity contribution is 0.0993. The molecule has 2 aromatic rings. The third-order valence-corrected chi connectivity index (χ3v) is 2.79. The lowest BCUT2D eigenvalue weighted by Crippen LogP contribution is -2.06. The van der Waals surface area contributed by atoms with Gasteiger partial charge in [0, 0.05) is 24.7 Å². The topological polar surface area (TPSA) is 56.0 Å². The summed E-state index contributed by atoms with van der Waals surface area (Å²) in [5.41, 5.74) is 9.13. The predicted molar refractivity (Wildman–Crippen MR) is 71.3 cm³/mol. The highest BCUT2D eigenvalue weighted by molar-refractivity contribution is 5.97. The van der Waals surface area contributed by atoms with Gasteiger partial charge in [0.15, 0.2) is 5.78 Å².